The Morgan fingerprint density at radius 1 is 0.944 bits per heavy atom. The molecule has 0 saturated heterocycles. The van der Waals surface area contributed by atoms with Crippen LogP contribution < -0.4 is 0 Å². The first kappa shape index (κ1) is 11.5. The summed E-state index contributed by atoms with van der Waals surface area (Å²) in [4.78, 5) is 4.73. The topological polar surface area (TPSA) is 17.3 Å². The summed E-state index contributed by atoms with van der Waals surface area (Å²) in [5.74, 6) is 0. The van der Waals surface area contributed by atoms with E-state index < -0.39 is 0 Å². The highest BCUT2D eigenvalue weighted by Crippen LogP contribution is 2.27. The highest BCUT2D eigenvalue weighted by Gasteiger charge is 2.12. The zero-order valence-electron chi connectivity index (χ0n) is 10.3. The number of rotatable bonds is 1. The summed E-state index contributed by atoms with van der Waals surface area (Å²) in [7, 11) is 0. The van der Waals surface area contributed by atoms with Crippen molar-refractivity contribution in [3.8, 4) is 11.3 Å². The molecule has 90 valence electrons. The standard InChI is InChI=1S/C15H13BrN2/c1-10-13(16)8-9-14-17-15(11(2)18(10)14)12-6-4-3-5-7-12/h3-9H,1-2H3. The van der Waals surface area contributed by atoms with E-state index in [-0.39, 0.29) is 0 Å². The predicted octanol–water partition coefficient (Wildman–Crippen LogP) is 4.38. The normalized spacial score (nSPS) is 11.1. The van der Waals surface area contributed by atoms with Crippen molar-refractivity contribution in [2.24, 2.45) is 0 Å². The lowest BCUT2D eigenvalue weighted by atomic mass is 10.1. The van der Waals surface area contributed by atoms with Crippen molar-refractivity contribution < 1.29 is 0 Å². The summed E-state index contributed by atoms with van der Waals surface area (Å²) < 4.78 is 3.29. The Hall–Kier alpha value is -1.61. The molecule has 3 aromatic rings. The molecule has 0 bridgehead atoms. The van der Waals surface area contributed by atoms with Crippen molar-refractivity contribution in [3.63, 3.8) is 0 Å². The van der Waals surface area contributed by atoms with Crippen LogP contribution in [0.3, 0.4) is 0 Å². The number of hydrogen-bond donors (Lipinski definition) is 0. The fourth-order valence-corrected chi connectivity index (χ4v) is 2.61. The highest BCUT2D eigenvalue weighted by molar-refractivity contribution is 9.10. The van der Waals surface area contributed by atoms with Crippen LogP contribution in [0.25, 0.3) is 16.9 Å². The van der Waals surface area contributed by atoms with Crippen LogP contribution >= 0.6 is 15.9 Å². The molecular weight excluding hydrogens is 288 g/mol. The van der Waals surface area contributed by atoms with Gasteiger partial charge in [-0.25, -0.2) is 4.98 Å². The van der Waals surface area contributed by atoms with Crippen LogP contribution in [0.2, 0.25) is 0 Å². The Balaban J connectivity index is 2.34. The minimum Gasteiger partial charge on any atom is -0.300 e. The molecule has 0 unspecified atom stereocenters. The monoisotopic (exact) mass is 300 g/mol. The van der Waals surface area contributed by atoms with Crippen molar-refractivity contribution in [2.45, 2.75) is 13.8 Å². The summed E-state index contributed by atoms with van der Waals surface area (Å²) in [6.45, 7) is 4.21. The summed E-state index contributed by atoms with van der Waals surface area (Å²) in [5, 5.41) is 0. The van der Waals surface area contributed by atoms with Crippen molar-refractivity contribution in [2.75, 3.05) is 0 Å². The van der Waals surface area contributed by atoms with Gasteiger partial charge in [-0.1, -0.05) is 30.3 Å². The number of nitrogens with zero attached hydrogens (tertiary/aromatic N) is 2. The maximum atomic E-state index is 4.73. The largest absolute Gasteiger partial charge is 0.300 e. The quantitative estimate of drug-likeness (QED) is 0.652. The predicted molar refractivity (Wildman–Crippen MR) is 77.8 cm³/mol. The number of pyridine rings is 1. The van der Waals surface area contributed by atoms with E-state index in [1.165, 1.54) is 11.4 Å². The molecule has 3 rings (SSSR count). The van der Waals surface area contributed by atoms with Gasteiger partial charge < -0.3 is 0 Å². The van der Waals surface area contributed by atoms with Gasteiger partial charge in [-0.05, 0) is 41.9 Å². The van der Waals surface area contributed by atoms with Crippen LogP contribution in [-0.2, 0) is 0 Å². The van der Waals surface area contributed by atoms with Gasteiger partial charge in [0.15, 0.2) is 0 Å². The van der Waals surface area contributed by atoms with E-state index in [1.807, 2.05) is 30.3 Å². The Labute approximate surface area is 114 Å². The van der Waals surface area contributed by atoms with Gasteiger partial charge in [0.25, 0.3) is 0 Å². The van der Waals surface area contributed by atoms with Crippen molar-refractivity contribution in [1.29, 1.82) is 0 Å². The van der Waals surface area contributed by atoms with Crippen LogP contribution in [0, 0.1) is 13.8 Å². The van der Waals surface area contributed by atoms with E-state index >= 15 is 0 Å². The lowest BCUT2D eigenvalue weighted by Gasteiger charge is -2.04. The SMILES string of the molecule is Cc1c(Br)ccc2nc(-c3ccccc3)c(C)n12. The average molecular weight is 301 g/mol. The number of fused-ring (bicyclic) bond motifs is 1. The van der Waals surface area contributed by atoms with Crippen LogP contribution in [0.4, 0.5) is 0 Å². The Morgan fingerprint density at radius 3 is 2.39 bits per heavy atom. The molecule has 0 amide bonds. The molecular formula is C15H13BrN2. The number of aromatic nitrogens is 2. The molecule has 0 atom stereocenters. The molecule has 0 aliphatic carbocycles. The zero-order chi connectivity index (χ0) is 12.7. The summed E-state index contributed by atoms with van der Waals surface area (Å²) in [6, 6.07) is 14.4. The van der Waals surface area contributed by atoms with E-state index in [2.05, 4.69) is 46.3 Å². The molecule has 2 aromatic heterocycles. The molecule has 0 N–H and O–H groups in total. The second kappa shape index (κ2) is 4.25. The number of imidazole rings is 1. The molecule has 0 saturated carbocycles. The van der Waals surface area contributed by atoms with E-state index in [4.69, 9.17) is 4.98 Å². The van der Waals surface area contributed by atoms with Crippen LogP contribution in [0.15, 0.2) is 46.9 Å². The third-order valence-electron chi connectivity index (χ3n) is 3.24. The Bertz CT molecular complexity index is 714. The molecule has 18 heavy (non-hydrogen) atoms. The molecule has 0 spiro atoms. The average Bonchev–Trinajstić information content (AvgIpc) is 2.73. The second-order valence-corrected chi connectivity index (χ2v) is 5.23. The molecule has 0 aliphatic heterocycles. The minimum absolute atomic E-state index is 0.993. The van der Waals surface area contributed by atoms with Crippen LogP contribution in [0.1, 0.15) is 11.4 Å². The van der Waals surface area contributed by atoms with Gasteiger partial charge in [-0.15, -0.1) is 0 Å². The van der Waals surface area contributed by atoms with Crippen molar-refractivity contribution in [3.05, 3.63) is 58.3 Å². The molecule has 0 fully saturated rings. The molecule has 0 aliphatic rings. The van der Waals surface area contributed by atoms with Gasteiger partial charge in [0.2, 0.25) is 0 Å². The van der Waals surface area contributed by atoms with Gasteiger partial charge in [-0.3, -0.25) is 4.40 Å². The van der Waals surface area contributed by atoms with Gasteiger partial charge in [-0.2, -0.15) is 0 Å². The van der Waals surface area contributed by atoms with E-state index in [0.29, 0.717) is 0 Å². The Morgan fingerprint density at radius 2 is 1.67 bits per heavy atom. The maximum absolute atomic E-state index is 4.73. The molecule has 1 aromatic carbocycles. The lowest BCUT2D eigenvalue weighted by Crippen LogP contribution is -1.94. The fraction of sp³-hybridized carbons (Fsp3) is 0.133. The number of halogens is 1. The van der Waals surface area contributed by atoms with Gasteiger partial charge in [0, 0.05) is 21.4 Å². The van der Waals surface area contributed by atoms with Crippen molar-refractivity contribution in [1.82, 2.24) is 9.38 Å². The summed E-state index contributed by atoms with van der Waals surface area (Å²) in [5.41, 5.74) is 5.56. The molecule has 2 nitrogen and oxygen atoms in total. The second-order valence-electron chi connectivity index (χ2n) is 4.37. The smallest absolute Gasteiger partial charge is 0.137 e. The van der Waals surface area contributed by atoms with E-state index in [0.717, 1.165) is 21.4 Å². The first-order valence-corrected chi connectivity index (χ1v) is 6.67. The van der Waals surface area contributed by atoms with E-state index in [9.17, 15) is 0 Å². The highest BCUT2D eigenvalue weighted by atomic mass is 79.9. The number of aryl methyl sites for hydroxylation is 2. The van der Waals surface area contributed by atoms with Gasteiger partial charge >= 0.3 is 0 Å². The third kappa shape index (κ3) is 1.66. The summed E-state index contributed by atoms with van der Waals surface area (Å²) >= 11 is 3.57. The van der Waals surface area contributed by atoms with Crippen LogP contribution in [-0.4, -0.2) is 9.38 Å². The first-order valence-electron chi connectivity index (χ1n) is 5.88. The minimum atomic E-state index is 0.993. The van der Waals surface area contributed by atoms with Crippen molar-refractivity contribution >= 4 is 21.6 Å². The number of hydrogen-bond acceptors (Lipinski definition) is 1. The van der Waals surface area contributed by atoms with Crippen LogP contribution in [0.5, 0.6) is 0 Å². The van der Waals surface area contributed by atoms with E-state index in [1.54, 1.807) is 0 Å². The number of benzene rings is 1. The van der Waals surface area contributed by atoms with Gasteiger partial charge in [0.1, 0.15) is 5.65 Å². The third-order valence-corrected chi connectivity index (χ3v) is 4.08. The summed E-state index contributed by atoms with van der Waals surface area (Å²) in [6.07, 6.45) is 0. The Kier molecular flexibility index (Phi) is 2.71. The zero-order valence-corrected chi connectivity index (χ0v) is 11.9. The fourth-order valence-electron chi connectivity index (χ4n) is 2.30. The first-order chi connectivity index (χ1) is 8.68. The van der Waals surface area contributed by atoms with Gasteiger partial charge in [0.05, 0.1) is 5.69 Å². The lowest BCUT2D eigenvalue weighted by molar-refractivity contribution is 1.03. The maximum Gasteiger partial charge on any atom is 0.137 e. The molecule has 3 heteroatoms. The molecule has 2 heterocycles. The molecule has 0 radical (unpaired) electrons.